The molecule has 0 bridgehead atoms. The molecule has 0 aliphatic carbocycles. The van der Waals surface area contributed by atoms with E-state index in [1.807, 2.05) is 7.11 Å². The molecule has 1 N–H and O–H groups in total. The highest BCUT2D eigenvalue weighted by Crippen LogP contribution is 2.20. The maximum atomic E-state index is 5.31. The molecule has 2 rings (SSSR count). The van der Waals surface area contributed by atoms with Crippen LogP contribution in [-0.4, -0.2) is 45.3 Å². The van der Waals surface area contributed by atoms with Crippen LogP contribution in [0.4, 0.5) is 0 Å². The van der Waals surface area contributed by atoms with Crippen LogP contribution in [0, 0.1) is 5.92 Å². The third-order valence-corrected chi connectivity index (χ3v) is 4.29. The van der Waals surface area contributed by atoms with Crippen LogP contribution >= 0.6 is 0 Å². The average molecular weight is 276 g/mol. The summed E-state index contributed by atoms with van der Waals surface area (Å²) in [6, 6.07) is 11.2. The Labute approximate surface area is 123 Å². The summed E-state index contributed by atoms with van der Waals surface area (Å²) >= 11 is 0. The quantitative estimate of drug-likeness (QED) is 0.828. The van der Waals surface area contributed by atoms with Gasteiger partial charge in [0, 0.05) is 19.7 Å². The number of nitrogens with one attached hydrogen (secondary N) is 1. The molecule has 0 radical (unpaired) electrons. The molecule has 3 heteroatoms. The average Bonchev–Trinajstić information content (AvgIpc) is 2.50. The van der Waals surface area contributed by atoms with Crippen molar-refractivity contribution in [3.05, 3.63) is 35.9 Å². The predicted octanol–water partition coefficient (Wildman–Crippen LogP) is 2.70. The van der Waals surface area contributed by atoms with Crippen molar-refractivity contribution in [2.24, 2.45) is 5.92 Å². The zero-order valence-electron chi connectivity index (χ0n) is 12.8. The van der Waals surface area contributed by atoms with Crippen LogP contribution in [-0.2, 0) is 4.74 Å². The van der Waals surface area contributed by atoms with Gasteiger partial charge in [0.2, 0.25) is 0 Å². The summed E-state index contributed by atoms with van der Waals surface area (Å²) in [7, 11) is 3.87. The summed E-state index contributed by atoms with van der Waals surface area (Å²) < 4.78 is 5.31. The molecule has 1 aromatic rings. The lowest BCUT2D eigenvalue weighted by molar-refractivity contribution is 0.0887. The molecule has 20 heavy (non-hydrogen) atoms. The fourth-order valence-corrected chi connectivity index (χ4v) is 3.20. The maximum Gasteiger partial charge on any atom is 0.0502 e. The fourth-order valence-electron chi connectivity index (χ4n) is 3.20. The summed E-state index contributed by atoms with van der Waals surface area (Å²) in [6.45, 7) is 4.51. The van der Waals surface area contributed by atoms with Gasteiger partial charge in [0.05, 0.1) is 6.61 Å². The Kier molecular flexibility index (Phi) is 6.51. The second-order valence-electron chi connectivity index (χ2n) is 5.80. The Bertz CT molecular complexity index is 367. The monoisotopic (exact) mass is 276 g/mol. The van der Waals surface area contributed by atoms with Crippen LogP contribution in [0.3, 0.4) is 0 Å². The molecule has 0 amide bonds. The van der Waals surface area contributed by atoms with E-state index in [-0.39, 0.29) is 0 Å². The molecular weight excluding hydrogens is 248 g/mol. The van der Waals surface area contributed by atoms with Crippen LogP contribution in [0.25, 0.3) is 0 Å². The van der Waals surface area contributed by atoms with Crippen LogP contribution in [0.1, 0.15) is 30.9 Å². The number of benzene rings is 1. The van der Waals surface area contributed by atoms with Gasteiger partial charge in [0.25, 0.3) is 0 Å². The van der Waals surface area contributed by atoms with Crippen LogP contribution in [0.5, 0.6) is 0 Å². The van der Waals surface area contributed by atoms with Crippen molar-refractivity contribution in [3.8, 4) is 0 Å². The lowest BCUT2D eigenvalue weighted by Crippen LogP contribution is -2.38. The van der Waals surface area contributed by atoms with E-state index >= 15 is 0 Å². The van der Waals surface area contributed by atoms with Gasteiger partial charge in [-0.15, -0.1) is 0 Å². The molecular formula is C17H28N2O. The van der Waals surface area contributed by atoms with Crippen molar-refractivity contribution < 1.29 is 4.74 Å². The summed E-state index contributed by atoms with van der Waals surface area (Å²) in [5.74, 6) is 0.721. The van der Waals surface area contributed by atoms with Crippen molar-refractivity contribution in [2.75, 3.05) is 40.4 Å². The Morgan fingerprint density at radius 2 is 2.15 bits per heavy atom. The van der Waals surface area contributed by atoms with Gasteiger partial charge in [-0.1, -0.05) is 30.3 Å². The predicted molar refractivity (Wildman–Crippen MR) is 83.9 cm³/mol. The summed E-state index contributed by atoms with van der Waals surface area (Å²) in [6.07, 6.45) is 3.79. The van der Waals surface area contributed by atoms with E-state index in [1.165, 1.54) is 44.5 Å². The van der Waals surface area contributed by atoms with E-state index in [0.717, 1.165) is 12.5 Å². The second kappa shape index (κ2) is 8.40. The van der Waals surface area contributed by atoms with E-state index in [2.05, 4.69) is 47.6 Å². The first-order valence-corrected chi connectivity index (χ1v) is 7.77. The van der Waals surface area contributed by atoms with Crippen molar-refractivity contribution in [1.29, 1.82) is 0 Å². The van der Waals surface area contributed by atoms with Crippen LogP contribution in [0.15, 0.2) is 30.3 Å². The van der Waals surface area contributed by atoms with Gasteiger partial charge in [0.15, 0.2) is 0 Å². The first kappa shape index (κ1) is 15.5. The Morgan fingerprint density at radius 1 is 1.35 bits per heavy atom. The van der Waals surface area contributed by atoms with Gasteiger partial charge in [-0.2, -0.15) is 0 Å². The number of piperidine rings is 1. The van der Waals surface area contributed by atoms with E-state index in [4.69, 9.17) is 4.74 Å². The zero-order chi connectivity index (χ0) is 14.2. The number of methoxy groups -OCH3 is 1. The first-order valence-electron chi connectivity index (χ1n) is 7.77. The molecule has 1 heterocycles. The van der Waals surface area contributed by atoms with Gasteiger partial charge in [0.1, 0.15) is 0 Å². The highest BCUT2D eigenvalue weighted by Gasteiger charge is 2.20. The molecule has 3 nitrogen and oxygen atoms in total. The summed E-state index contributed by atoms with van der Waals surface area (Å²) in [5, 5.41) is 3.44. The minimum absolute atomic E-state index is 0.457. The minimum Gasteiger partial charge on any atom is -0.384 e. The number of rotatable bonds is 7. The molecule has 112 valence electrons. The van der Waals surface area contributed by atoms with Gasteiger partial charge in [-0.05, 0) is 50.9 Å². The molecule has 1 aliphatic rings. The Hall–Kier alpha value is -0.900. The van der Waals surface area contributed by atoms with Crippen molar-refractivity contribution >= 4 is 0 Å². The largest absolute Gasteiger partial charge is 0.384 e. The minimum atomic E-state index is 0.457. The fraction of sp³-hybridized carbons (Fsp3) is 0.647. The number of hydrogen-bond acceptors (Lipinski definition) is 3. The molecule has 1 aromatic carbocycles. The highest BCUT2D eigenvalue weighted by molar-refractivity contribution is 5.18. The number of likely N-dealkylation sites (tertiary alicyclic amines) is 1. The van der Waals surface area contributed by atoms with Gasteiger partial charge < -0.3 is 15.0 Å². The number of hydrogen-bond donors (Lipinski definition) is 1. The molecule has 1 saturated heterocycles. The second-order valence-corrected chi connectivity index (χ2v) is 5.80. The maximum absolute atomic E-state index is 5.31. The summed E-state index contributed by atoms with van der Waals surface area (Å²) in [5.41, 5.74) is 1.39. The lowest BCUT2D eigenvalue weighted by atomic mass is 9.97. The highest BCUT2D eigenvalue weighted by atomic mass is 16.5. The lowest BCUT2D eigenvalue weighted by Gasteiger charge is -2.33. The Morgan fingerprint density at radius 3 is 2.85 bits per heavy atom. The molecule has 2 atom stereocenters. The van der Waals surface area contributed by atoms with Crippen molar-refractivity contribution in [1.82, 2.24) is 10.2 Å². The van der Waals surface area contributed by atoms with Crippen molar-refractivity contribution in [3.63, 3.8) is 0 Å². The standard InChI is InChI=1S/C17H28N2O/c1-18-17(16-8-4-3-5-9-16)10-12-19-11-6-7-15(13-19)14-20-2/h3-5,8-9,15,17-18H,6-7,10-14H2,1-2H3. The third kappa shape index (κ3) is 4.58. The van der Waals surface area contributed by atoms with E-state index in [1.54, 1.807) is 0 Å². The molecule has 0 spiro atoms. The molecule has 1 aliphatic heterocycles. The molecule has 0 saturated carbocycles. The van der Waals surface area contributed by atoms with E-state index in [9.17, 15) is 0 Å². The zero-order valence-corrected chi connectivity index (χ0v) is 12.8. The molecule has 0 aromatic heterocycles. The molecule has 2 unspecified atom stereocenters. The smallest absolute Gasteiger partial charge is 0.0502 e. The molecule has 1 fully saturated rings. The normalized spacial score (nSPS) is 21.8. The summed E-state index contributed by atoms with van der Waals surface area (Å²) in [4.78, 5) is 2.60. The first-order chi connectivity index (χ1) is 9.83. The number of nitrogens with zero attached hydrogens (tertiary/aromatic N) is 1. The van der Waals surface area contributed by atoms with Crippen LogP contribution < -0.4 is 5.32 Å². The number of ether oxygens (including phenoxy) is 1. The Balaban J connectivity index is 1.81. The van der Waals surface area contributed by atoms with Gasteiger partial charge in [-0.25, -0.2) is 0 Å². The van der Waals surface area contributed by atoms with Crippen molar-refractivity contribution in [2.45, 2.75) is 25.3 Å². The van der Waals surface area contributed by atoms with E-state index < -0.39 is 0 Å². The van der Waals surface area contributed by atoms with Gasteiger partial charge in [-0.3, -0.25) is 0 Å². The third-order valence-electron chi connectivity index (χ3n) is 4.29. The van der Waals surface area contributed by atoms with Gasteiger partial charge >= 0.3 is 0 Å². The van der Waals surface area contributed by atoms with Crippen LogP contribution in [0.2, 0.25) is 0 Å². The topological polar surface area (TPSA) is 24.5 Å². The van der Waals surface area contributed by atoms with E-state index in [0.29, 0.717) is 6.04 Å². The SMILES string of the molecule is CNC(CCN1CCCC(COC)C1)c1ccccc1.